The number of carbonyl (C=O) groups is 2. The fourth-order valence-electron chi connectivity index (χ4n) is 4.16. The number of nitrogens with one attached hydrogen (secondary N) is 2. The Balaban J connectivity index is 1.40. The summed E-state index contributed by atoms with van der Waals surface area (Å²) in [4.78, 5) is 30.4. The van der Waals surface area contributed by atoms with Gasteiger partial charge in [-0.15, -0.1) is 5.10 Å². The maximum atomic E-state index is 13.3. The first-order valence-corrected chi connectivity index (χ1v) is 11.2. The zero-order valence-electron chi connectivity index (χ0n) is 18.5. The van der Waals surface area contributed by atoms with Crippen molar-refractivity contribution in [3.05, 3.63) is 83.9 Å². The predicted octanol–water partition coefficient (Wildman–Crippen LogP) is 3.04. The normalized spacial score (nSPS) is 14.1. The van der Waals surface area contributed by atoms with Gasteiger partial charge in [-0.1, -0.05) is 35.5 Å². The average molecular weight is 457 g/mol. The Morgan fingerprint density at radius 3 is 2.59 bits per heavy atom. The highest BCUT2D eigenvalue weighted by atomic mass is 16.5. The minimum Gasteiger partial charge on any atom is -0.381 e. The molecule has 2 amide bonds. The Kier molecular flexibility index (Phi) is 6.26. The minimum atomic E-state index is -0.309. The van der Waals surface area contributed by atoms with Crippen molar-refractivity contribution in [1.29, 1.82) is 0 Å². The number of hydrogen-bond donors (Lipinski definition) is 2. The lowest BCUT2D eigenvalue weighted by Gasteiger charge is -2.23. The van der Waals surface area contributed by atoms with E-state index in [4.69, 9.17) is 4.74 Å². The number of ether oxygens (including phenoxy) is 1. The number of anilines is 1. The number of fused-ring (bicyclic) bond motifs is 1. The Labute approximate surface area is 196 Å². The molecular formula is C25H24N6O3. The van der Waals surface area contributed by atoms with Crippen LogP contribution in [-0.2, 0) is 11.3 Å². The summed E-state index contributed by atoms with van der Waals surface area (Å²) < 4.78 is 7.09. The molecule has 4 aromatic rings. The van der Waals surface area contributed by atoms with Crippen LogP contribution in [0.1, 0.15) is 39.3 Å². The fourth-order valence-corrected chi connectivity index (χ4v) is 4.16. The van der Waals surface area contributed by atoms with Gasteiger partial charge in [0.1, 0.15) is 0 Å². The van der Waals surface area contributed by atoms with Crippen LogP contribution >= 0.6 is 0 Å². The quantitative estimate of drug-likeness (QED) is 0.461. The van der Waals surface area contributed by atoms with Crippen LogP contribution in [0, 0.1) is 0 Å². The van der Waals surface area contributed by atoms with Crippen LogP contribution in [0.4, 0.5) is 5.69 Å². The average Bonchev–Trinajstić information content (AvgIpc) is 3.38. The van der Waals surface area contributed by atoms with Crippen LogP contribution in [-0.4, -0.2) is 51.0 Å². The molecule has 172 valence electrons. The molecule has 2 aromatic heterocycles. The van der Waals surface area contributed by atoms with E-state index in [9.17, 15) is 9.59 Å². The van der Waals surface area contributed by atoms with Gasteiger partial charge in [-0.2, -0.15) is 0 Å². The first-order valence-electron chi connectivity index (χ1n) is 11.2. The molecule has 0 aliphatic carbocycles. The first kappa shape index (κ1) is 21.7. The molecule has 5 rings (SSSR count). The number of pyridine rings is 1. The second-order valence-electron chi connectivity index (χ2n) is 8.13. The third kappa shape index (κ3) is 4.65. The molecule has 34 heavy (non-hydrogen) atoms. The molecule has 2 aromatic carbocycles. The van der Waals surface area contributed by atoms with E-state index < -0.39 is 0 Å². The highest BCUT2D eigenvalue weighted by Crippen LogP contribution is 2.25. The van der Waals surface area contributed by atoms with Gasteiger partial charge in [0, 0.05) is 37.2 Å². The lowest BCUT2D eigenvalue weighted by atomic mass is 9.99. The summed E-state index contributed by atoms with van der Waals surface area (Å²) >= 11 is 0. The Bertz CT molecular complexity index is 1320. The molecule has 2 N–H and O–H groups in total. The number of aromatic nitrogens is 4. The van der Waals surface area contributed by atoms with Gasteiger partial charge in [0.15, 0.2) is 5.69 Å². The molecule has 1 aliphatic rings. The second-order valence-corrected chi connectivity index (χ2v) is 8.13. The van der Waals surface area contributed by atoms with Gasteiger partial charge in [0.05, 0.1) is 18.4 Å². The summed E-state index contributed by atoms with van der Waals surface area (Å²) in [7, 11) is 0. The number of amides is 2. The summed E-state index contributed by atoms with van der Waals surface area (Å²) in [6, 6.07) is 14.9. The smallest absolute Gasteiger partial charge is 0.272 e. The largest absolute Gasteiger partial charge is 0.381 e. The van der Waals surface area contributed by atoms with E-state index >= 15 is 0 Å². The van der Waals surface area contributed by atoms with Gasteiger partial charge in [-0.25, -0.2) is 9.67 Å². The molecule has 0 radical (unpaired) electrons. The lowest BCUT2D eigenvalue weighted by Crippen LogP contribution is -2.39. The Morgan fingerprint density at radius 2 is 1.79 bits per heavy atom. The van der Waals surface area contributed by atoms with E-state index in [2.05, 4.69) is 25.9 Å². The zero-order chi connectivity index (χ0) is 23.3. The van der Waals surface area contributed by atoms with Crippen molar-refractivity contribution in [2.75, 3.05) is 18.5 Å². The van der Waals surface area contributed by atoms with Crippen molar-refractivity contribution in [3.63, 3.8) is 0 Å². The Morgan fingerprint density at radius 1 is 0.971 bits per heavy atom. The molecule has 1 saturated heterocycles. The number of benzene rings is 2. The van der Waals surface area contributed by atoms with E-state index in [1.807, 2.05) is 30.3 Å². The summed E-state index contributed by atoms with van der Waals surface area (Å²) in [6.07, 6.45) is 6.49. The van der Waals surface area contributed by atoms with Gasteiger partial charge >= 0.3 is 0 Å². The number of nitrogens with zero attached hydrogens (tertiary/aromatic N) is 4. The first-order chi connectivity index (χ1) is 16.7. The van der Waals surface area contributed by atoms with Crippen LogP contribution in [0.25, 0.3) is 10.8 Å². The van der Waals surface area contributed by atoms with Crippen LogP contribution < -0.4 is 10.6 Å². The molecular weight excluding hydrogens is 432 g/mol. The monoisotopic (exact) mass is 456 g/mol. The molecule has 9 heteroatoms. The van der Waals surface area contributed by atoms with E-state index in [1.165, 1.54) is 0 Å². The highest BCUT2D eigenvalue weighted by molar-refractivity contribution is 6.15. The third-order valence-corrected chi connectivity index (χ3v) is 5.89. The number of carbonyl (C=O) groups excluding carboxylic acids is 2. The maximum absolute atomic E-state index is 13.3. The van der Waals surface area contributed by atoms with Crippen LogP contribution in [0.3, 0.4) is 0 Å². The van der Waals surface area contributed by atoms with E-state index in [0.717, 1.165) is 29.2 Å². The van der Waals surface area contributed by atoms with E-state index in [-0.39, 0.29) is 23.6 Å². The van der Waals surface area contributed by atoms with Crippen LogP contribution in [0.2, 0.25) is 0 Å². The minimum absolute atomic E-state index is 0.0354. The van der Waals surface area contributed by atoms with Gasteiger partial charge < -0.3 is 15.4 Å². The number of rotatable bonds is 6. The summed E-state index contributed by atoms with van der Waals surface area (Å²) in [5, 5.41) is 15.5. The van der Waals surface area contributed by atoms with Crippen LogP contribution in [0.15, 0.2) is 67.1 Å². The SMILES string of the molecule is O=C(NC1CCOCC1)c1ncccc1NC(=O)c1ccc(Cn2ccnn2)c2ccccc12. The van der Waals surface area contributed by atoms with Crippen molar-refractivity contribution >= 4 is 28.3 Å². The molecule has 1 aliphatic heterocycles. The molecule has 0 spiro atoms. The van der Waals surface area contributed by atoms with Gasteiger partial charge in [-0.3, -0.25) is 9.59 Å². The number of hydrogen-bond acceptors (Lipinski definition) is 6. The fraction of sp³-hybridized carbons (Fsp3) is 0.240. The van der Waals surface area contributed by atoms with Crippen molar-refractivity contribution in [2.45, 2.75) is 25.4 Å². The van der Waals surface area contributed by atoms with Crippen molar-refractivity contribution in [1.82, 2.24) is 25.3 Å². The molecule has 0 atom stereocenters. The molecule has 9 nitrogen and oxygen atoms in total. The topological polar surface area (TPSA) is 111 Å². The second kappa shape index (κ2) is 9.80. The molecule has 0 bridgehead atoms. The maximum Gasteiger partial charge on any atom is 0.272 e. The van der Waals surface area contributed by atoms with Crippen molar-refractivity contribution in [2.24, 2.45) is 0 Å². The van der Waals surface area contributed by atoms with E-state index in [1.54, 1.807) is 41.5 Å². The van der Waals surface area contributed by atoms with Crippen LogP contribution in [0.5, 0.6) is 0 Å². The molecule has 3 heterocycles. The Hall–Kier alpha value is -4.11. The van der Waals surface area contributed by atoms with Gasteiger partial charge in [-0.05, 0) is 47.4 Å². The summed E-state index contributed by atoms with van der Waals surface area (Å²) in [6.45, 7) is 1.79. The molecule has 0 unspecified atom stereocenters. The van der Waals surface area contributed by atoms with Crippen molar-refractivity contribution < 1.29 is 14.3 Å². The summed E-state index contributed by atoms with van der Waals surface area (Å²) in [5.41, 5.74) is 2.09. The standard InChI is InChI=1S/C25H24N6O3/c32-24(29-22-6-3-11-26-23(22)25(33)28-18-9-14-34-15-10-18)21-8-7-17(16-31-13-12-27-30-31)19-4-1-2-5-20(19)21/h1-8,11-13,18H,9-10,14-16H2,(H,28,33)(H,29,32). The molecule has 0 saturated carbocycles. The lowest BCUT2D eigenvalue weighted by molar-refractivity contribution is 0.0694. The predicted molar refractivity (Wildman–Crippen MR) is 127 cm³/mol. The van der Waals surface area contributed by atoms with E-state index in [0.29, 0.717) is 31.0 Å². The third-order valence-electron chi connectivity index (χ3n) is 5.89. The van der Waals surface area contributed by atoms with Crippen molar-refractivity contribution in [3.8, 4) is 0 Å². The molecule has 1 fully saturated rings. The highest BCUT2D eigenvalue weighted by Gasteiger charge is 2.21. The van der Waals surface area contributed by atoms with Gasteiger partial charge in [0.25, 0.3) is 11.8 Å². The van der Waals surface area contributed by atoms with Gasteiger partial charge in [0.2, 0.25) is 0 Å². The summed E-state index contributed by atoms with van der Waals surface area (Å²) in [5.74, 6) is -0.618. The zero-order valence-corrected chi connectivity index (χ0v) is 18.5.